The van der Waals surface area contributed by atoms with Gasteiger partial charge in [-0.05, 0) is 24.3 Å². The Labute approximate surface area is 90.7 Å². The summed E-state index contributed by atoms with van der Waals surface area (Å²) >= 11 is 6.15. The monoisotopic (exact) mass is 218 g/mol. The van der Waals surface area contributed by atoms with Crippen LogP contribution < -0.4 is 0 Å². The molecule has 74 valence electrons. The summed E-state index contributed by atoms with van der Waals surface area (Å²) in [6.45, 7) is 0. The van der Waals surface area contributed by atoms with Gasteiger partial charge in [0.15, 0.2) is 0 Å². The SMILES string of the molecule is Clc1cc2cn[nH]c2cc1-c1ccco1. The van der Waals surface area contributed by atoms with E-state index in [4.69, 9.17) is 16.0 Å². The van der Waals surface area contributed by atoms with Crippen molar-refractivity contribution in [3.8, 4) is 11.3 Å². The van der Waals surface area contributed by atoms with E-state index in [0.29, 0.717) is 5.02 Å². The zero-order chi connectivity index (χ0) is 10.3. The van der Waals surface area contributed by atoms with Crippen LogP contribution in [0, 0.1) is 0 Å². The van der Waals surface area contributed by atoms with Crippen molar-refractivity contribution in [2.75, 3.05) is 0 Å². The molecular weight excluding hydrogens is 212 g/mol. The molecule has 1 aromatic carbocycles. The zero-order valence-electron chi connectivity index (χ0n) is 7.70. The van der Waals surface area contributed by atoms with Gasteiger partial charge in [0, 0.05) is 10.9 Å². The van der Waals surface area contributed by atoms with Crippen molar-refractivity contribution in [3.05, 3.63) is 41.7 Å². The Bertz CT molecular complexity index is 598. The lowest BCUT2D eigenvalue weighted by atomic mass is 10.1. The zero-order valence-corrected chi connectivity index (χ0v) is 8.45. The average Bonchev–Trinajstić information content (AvgIpc) is 2.85. The molecule has 2 aromatic heterocycles. The Morgan fingerprint density at radius 2 is 2.27 bits per heavy atom. The third-order valence-electron chi connectivity index (χ3n) is 2.31. The molecule has 0 aliphatic heterocycles. The number of halogens is 1. The molecule has 2 heterocycles. The fourth-order valence-corrected chi connectivity index (χ4v) is 1.85. The standard InChI is InChI=1S/C11H7ClN2O/c12-9-4-7-6-13-14-10(7)5-8(9)11-2-1-3-15-11/h1-6H,(H,13,14). The van der Waals surface area contributed by atoms with Gasteiger partial charge >= 0.3 is 0 Å². The minimum absolute atomic E-state index is 0.666. The number of benzene rings is 1. The Morgan fingerprint density at radius 1 is 1.33 bits per heavy atom. The van der Waals surface area contributed by atoms with Crippen LogP contribution in [-0.2, 0) is 0 Å². The number of hydrogen-bond acceptors (Lipinski definition) is 2. The molecule has 0 radical (unpaired) electrons. The summed E-state index contributed by atoms with van der Waals surface area (Å²) in [6.07, 6.45) is 3.37. The molecule has 0 aliphatic rings. The van der Waals surface area contributed by atoms with E-state index in [1.807, 2.05) is 24.3 Å². The topological polar surface area (TPSA) is 41.8 Å². The summed E-state index contributed by atoms with van der Waals surface area (Å²) in [5, 5.41) is 8.51. The number of nitrogens with one attached hydrogen (secondary N) is 1. The summed E-state index contributed by atoms with van der Waals surface area (Å²) in [4.78, 5) is 0. The highest BCUT2D eigenvalue weighted by Crippen LogP contribution is 2.31. The van der Waals surface area contributed by atoms with Crippen LogP contribution >= 0.6 is 11.6 Å². The van der Waals surface area contributed by atoms with Crippen molar-refractivity contribution in [2.45, 2.75) is 0 Å². The number of H-pyrrole nitrogens is 1. The highest BCUT2D eigenvalue weighted by molar-refractivity contribution is 6.34. The minimum Gasteiger partial charge on any atom is -0.464 e. The van der Waals surface area contributed by atoms with Crippen LogP contribution in [-0.4, -0.2) is 10.2 Å². The number of nitrogens with zero attached hydrogens (tertiary/aromatic N) is 1. The Morgan fingerprint density at radius 3 is 3.07 bits per heavy atom. The molecule has 0 atom stereocenters. The minimum atomic E-state index is 0.666. The second-order valence-electron chi connectivity index (χ2n) is 3.27. The highest BCUT2D eigenvalue weighted by atomic mass is 35.5. The number of fused-ring (bicyclic) bond motifs is 1. The molecule has 0 aliphatic carbocycles. The van der Waals surface area contributed by atoms with Crippen LogP contribution in [0.3, 0.4) is 0 Å². The first-order valence-corrected chi connectivity index (χ1v) is 4.89. The van der Waals surface area contributed by atoms with E-state index in [0.717, 1.165) is 22.2 Å². The fraction of sp³-hybridized carbons (Fsp3) is 0. The average molecular weight is 219 g/mol. The van der Waals surface area contributed by atoms with Gasteiger partial charge in [-0.2, -0.15) is 5.10 Å². The van der Waals surface area contributed by atoms with Gasteiger partial charge in [-0.1, -0.05) is 11.6 Å². The highest BCUT2D eigenvalue weighted by Gasteiger charge is 2.08. The van der Waals surface area contributed by atoms with Gasteiger partial charge in [-0.3, -0.25) is 5.10 Å². The largest absolute Gasteiger partial charge is 0.464 e. The van der Waals surface area contributed by atoms with Crippen LogP contribution in [0.15, 0.2) is 41.1 Å². The summed E-state index contributed by atoms with van der Waals surface area (Å²) in [7, 11) is 0. The molecule has 0 bridgehead atoms. The molecule has 3 aromatic rings. The maximum Gasteiger partial charge on any atom is 0.135 e. The molecule has 3 nitrogen and oxygen atoms in total. The summed E-state index contributed by atoms with van der Waals surface area (Å²) in [5.74, 6) is 0.761. The molecular formula is C11H7ClN2O. The van der Waals surface area contributed by atoms with Crippen molar-refractivity contribution in [1.29, 1.82) is 0 Å². The number of hydrogen-bond donors (Lipinski definition) is 1. The van der Waals surface area contributed by atoms with E-state index in [1.165, 1.54) is 0 Å². The van der Waals surface area contributed by atoms with Crippen LogP contribution in [0.4, 0.5) is 0 Å². The van der Waals surface area contributed by atoms with E-state index in [1.54, 1.807) is 12.5 Å². The Hall–Kier alpha value is -1.74. The summed E-state index contributed by atoms with van der Waals surface area (Å²) in [5.41, 5.74) is 1.82. The van der Waals surface area contributed by atoms with Gasteiger partial charge in [0.25, 0.3) is 0 Å². The predicted molar refractivity (Wildman–Crippen MR) is 58.8 cm³/mol. The van der Waals surface area contributed by atoms with E-state index < -0.39 is 0 Å². The molecule has 0 fully saturated rings. The quantitative estimate of drug-likeness (QED) is 0.680. The van der Waals surface area contributed by atoms with Gasteiger partial charge in [0.2, 0.25) is 0 Å². The lowest BCUT2D eigenvalue weighted by Crippen LogP contribution is -1.77. The second kappa shape index (κ2) is 3.14. The number of aromatic amines is 1. The van der Waals surface area contributed by atoms with Crippen LogP contribution in [0.2, 0.25) is 5.02 Å². The van der Waals surface area contributed by atoms with Crippen LogP contribution in [0.5, 0.6) is 0 Å². The first-order valence-electron chi connectivity index (χ1n) is 4.51. The van der Waals surface area contributed by atoms with E-state index in [2.05, 4.69) is 10.2 Å². The summed E-state index contributed by atoms with van der Waals surface area (Å²) in [6, 6.07) is 7.52. The fourth-order valence-electron chi connectivity index (χ4n) is 1.58. The van der Waals surface area contributed by atoms with Crippen LogP contribution in [0.1, 0.15) is 0 Å². The van der Waals surface area contributed by atoms with Crippen molar-refractivity contribution in [3.63, 3.8) is 0 Å². The lowest BCUT2D eigenvalue weighted by Gasteiger charge is -2.00. The number of rotatable bonds is 1. The van der Waals surface area contributed by atoms with Gasteiger partial charge in [-0.25, -0.2) is 0 Å². The van der Waals surface area contributed by atoms with Crippen molar-refractivity contribution < 1.29 is 4.42 Å². The molecule has 3 rings (SSSR count). The maximum absolute atomic E-state index is 6.15. The van der Waals surface area contributed by atoms with E-state index in [-0.39, 0.29) is 0 Å². The number of furan rings is 1. The molecule has 4 heteroatoms. The van der Waals surface area contributed by atoms with Crippen molar-refractivity contribution >= 4 is 22.5 Å². The Balaban J connectivity index is 2.30. The maximum atomic E-state index is 6.15. The van der Waals surface area contributed by atoms with E-state index in [9.17, 15) is 0 Å². The predicted octanol–water partition coefficient (Wildman–Crippen LogP) is 3.48. The van der Waals surface area contributed by atoms with Gasteiger partial charge in [0.05, 0.1) is 23.0 Å². The molecule has 0 unspecified atom stereocenters. The number of aromatic nitrogens is 2. The second-order valence-corrected chi connectivity index (χ2v) is 3.67. The molecule has 1 N–H and O–H groups in total. The first-order chi connectivity index (χ1) is 7.34. The Kier molecular flexibility index (Phi) is 1.79. The third kappa shape index (κ3) is 1.32. The normalized spacial score (nSPS) is 11.0. The van der Waals surface area contributed by atoms with Gasteiger partial charge < -0.3 is 4.42 Å². The van der Waals surface area contributed by atoms with Crippen LogP contribution in [0.25, 0.3) is 22.2 Å². The van der Waals surface area contributed by atoms with Gasteiger partial charge in [-0.15, -0.1) is 0 Å². The molecule has 0 spiro atoms. The van der Waals surface area contributed by atoms with Gasteiger partial charge in [0.1, 0.15) is 5.76 Å². The smallest absolute Gasteiger partial charge is 0.135 e. The molecule has 15 heavy (non-hydrogen) atoms. The third-order valence-corrected chi connectivity index (χ3v) is 2.63. The molecule has 0 saturated carbocycles. The lowest BCUT2D eigenvalue weighted by molar-refractivity contribution is 0.582. The van der Waals surface area contributed by atoms with E-state index >= 15 is 0 Å². The summed E-state index contributed by atoms with van der Waals surface area (Å²) < 4.78 is 5.31. The molecule has 0 amide bonds. The first kappa shape index (κ1) is 8.56. The van der Waals surface area contributed by atoms with Crippen molar-refractivity contribution in [1.82, 2.24) is 10.2 Å². The van der Waals surface area contributed by atoms with Crippen molar-refractivity contribution in [2.24, 2.45) is 0 Å². The molecule has 0 saturated heterocycles.